The number of anilines is 4. The molecule has 0 saturated carbocycles. The fourth-order valence-corrected chi connectivity index (χ4v) is 3.80. The van der Waals surface area contributed by atoms with Gasteiger partial charge in [-0.15, -0.1) is 0 Å². The number of aliphatic hydroxyl groups is 1. The number of carbonyl (C=O) groups excluding carboxylic acids is 1. The highest BCUT2D eigenvalue weighted by Gasteiger charge is 2.14. The smallest absolute Gasteiger partial charge is 0.247 e. The van der Waals surface area contributed by atoms with Crippen LogP contribution in [0.3, 0.4) is 0 Å². The summed E-state index contributed by atoms with van der Waals surface area (Å²) in [5.74, 6) is 0.115. The fourth-order valence-electron chi connectivity index (χ4n) is 3.80. The van der Waals surface area contributed by atoms with Crippen LogP contribution in [0.15, 0.2) is 73.4 Å². The van der Waals surface area contributed by atoms with Gasteiger partial charge in [-0.2, -0.15) is 4.98 Å². The maximum Gasteiger partial charge on any atom is 0.247 e. The lowest BCUT2D eigenvalue weighted by Gasteiger charge is -2.21. The molecule has 2 aromatic carbocycles. The van der Waals surface area contributed by atoms with E-state index in [1.165, 1.54) is 6.08 Å². The Morgan fingerprint density at radius 3 is 2.53 bits per heavy atom. The molecule has 0 bridgehead atoms. The van der Waals surface area contributed by atoms with Gasteiger partial charge in [-0.3, -0.25) is 4.79 Å². The highest BCUT2D eigenvalue weighted by Crippen LogP contribution is 2.31. The number of rotatable bonds is 10. The Kier molecular flexibility index (Phi) is 7.62. The van der Waals surface area contributed by atoms with Crippen LogP contribution >= 0.6 is 0 Å². The fraction of sp³-hybridized carbons (Fsp3) is 0.222. The van der Waals surface area contributed by atoms with Gasteiger partial charge < -0.3 is 30.1 Å². The minimum absolute atomic E-state index is 0.206. The van der Waals surface area contributed by atoms with E-state index in [1.807, 2.05) is 36.4 Å². The highest BCUT2D eigenvalue weighted by molar-refractivity contribution is 6.00. The van der Waals surface area contributed by atoms with Gasteiger partial charge in [0.2, 0.25) is 11.9 Å². The molecule has 0 aliphatic heterocycles. The molecule has 0 atom stereocenters. The van der Waals surface area contributed by atoms with E-state index in [4.69, 9.17) is 4.98 Å². The Hall–Kier alpha value is -4.21. The van der Waals surface area contributed by atoms with Gasteiger partial charge in [-0.1, -0.05) is 18.7 Å². The first kappa shape index (κ1) is 24.9. The molecule has 9 nitrogen and oxygen atoms in total. The quantitative estimate of drug-likeness (QED) is 0.293. The van der Waals surface area contributed by atoms with Gasteiger partial charge in [-0.05, 0) is 62.6 Å². The third kappa shape index (κ3) is 5.70. The summed E-state index contributed by atoms with van der Waals surface area (Å²) in [6.45, 7) is 5.19. The predicted octanol–water partition coefficient (Wildman–Crippen LogP) is 3.91. The first-order chi connectivity index (χ1) is 17.4. The van der Waals surface area contributed by atoms with Crippen LogP contribution in [0.5, 0.6) is 0 Å². The predicted molar refractivity (Wildman–Crippen MR) is 146 cm³/mol. The van der Waals surface area contributed by atoms with Crippen molar-refractivity contribution in [2.75, 3.05) is 49.8 Å². The lowest BCUT2D eigenvalue weighted by Crippen LogP contribution is -2.28. The van der Waals surface area contributed by atoms with E-state index in [9.17, 15) is 9.90 Å². The molecule has 3 N–H and O–H groups in total. The second kappa shape index (κ2) is 11.0. The number of likely N-dealkylation sites (N-methyl/N-ethyl adjacent to an activating group) is 2. The second-order valence-electron chi connectivity index (χ2n) is 8.73. The first-order valence-corrected chi connectivity index (χ1v) is 11.6. The van der Waals surface area contributed by atoms with Crippen LogP contribution < -0.4 is 15.5 Å². The number of aromatic nitrogens is 3. The van der Waals surface area contributed by atoms with Gasteiger partial charge in [0.25, 0.3) is 0 Å². The Morgan fingerprint density at radius 1 is 1.06 bits per heavy atom. The topological polar surface area (TPSA) is 98.6 Å². The molecule has 186 valence electrons. The van der Waals surface area contributed by atoms with Crippen LogP contribution in [-0.2, 0) is 11.5 Å². The summed E-state index contributed by atoms with van der Waals surface area (Å²) in [4.78, 5) is 25.6. The average Bonchev–Trinajstić information content (AvgIpc) is 3.30. The average molecular weight is 486 g/mol. The Labute approximate surface area is 210 Å². The van der Waals surface area contributed by atoms with Crippen molar-refractivity contribution >= 4 is 40.0 Å². The van der Waals surface area contributed by atoms with Crippen molar-refractivity contribution < 1.29 is 9.90 Å². The van der Waals surface area contributed by atoms with E-state index in [0.29, 0.717) is 23.0 Å². The molecule has 0 aliphatic rings. The SMILES string of the molecule is C=CC(=O)Nc1cccc(-c2nc(Nc3ccc(N(C)CCN(C)C)cc3)nc3c2ccn3CO)c1. The van der Waals surface area contributed by atoms with E-state index in [0.717, 1.165) is 35.4 Å². The summed E-state index contributed by atoms with van der Waals surface area (Å²) in [5.41, 5.74) is 4.69. The number of carbonyl (C=O) groups is 1. The zero-order valence-electron chi connectivity index (χ0n) is 20.8. The largest absolute Gasteiger partial charge is 0.376 e. The third-order valence-corrected chi connectivity index (χ3v) is 5.81. The van der Waals surface area contributed by atoms with E-state index < -0.39 is 0 Å². The monoisotopic (exact) mass is 485 g/mol. The molecule has 0 radical (unpaired) electrons. The summed E-state index contributed by atoms with van der Waals surface area (Å²) in [5, 5.41) is 16.7. The van der Waals surface area contributed by atoms with Crippen LogP contribution in [0, 0.1) is 0 Å². The summed E-state index contributed by atoms with van der Waals surface area (Å²) >= 11 is 0. The van der Waals surface area contributed by atoms with Gasteiger partial charge in [0.05, 0.1) is 5.69 Å². The molecule has 4 aromatic rings. The number of nitrogens with one attached hydrogen (secondary N) is 2. The molecule has 2 aromatic heterocycles. The molecule has 0 saturated heterocycles. The minimum Gasteiger partial charge on any atom is -0.376 e. The van der Waals surface area contributed by atoms with E-state index in [-0.39, 0.29) is 12.6 Å². The lowest BCUT2D eigenvalue weighted by molar-refractivity contribution is -0.111. The van der Waals surface area contributed by atoms with Gasteiger partial charge in [-0.25, -0.2) is 4.98 Å². The van der Waals surface area contributed by atoms with E-state index in [1.54, 1.807) is 16.8 Å². The molecular weight excluding hydrogens is 454 g/mol. The number of benzene rings is 2. The summed E-state index contributed by atoms with van der Waals surface area (Å²) in [6, 6.07) is 17.4. The number of aliphatic hydroxyl groups excluding tert-OH is 1. The summed E-state index contributed by atoms with van der Waals surface area (Å²) < 4.78 is 1.65. The van der Waals surface area contributed by atoms with Crippen LogP contribution in [0.2, 0.25) is 0 Å². The number of nitrogens with zero attached hydrogens (tertiary/aromatic N) is 5. The van der Waals surface area contributed by atoms with Gasteiger partial charge in [0.15, 0.2) is 0 Å². The van der Waals surface area contributed by atoms with Crippen molar-refractivity contribution in [2.24, 2.45) is 0 Å². The standard InChI is InChI=1S/C27H31N7O2/c1-5-24(36)28-21-8-6-7-19(17-21)25-23-13-14-34(18-35)26(23)31-27(30-25)29-20-9-11-22(12-10-20)33(4)16-15-32(2)3/h5-14,17,35H,1,15-16,18H2,2-4H3,(H,28,36)(H,29,30,31). The molecule has 4 rings (SSSR count). The maximum atomic E-state index is 11.8. The van der Waals surface area contributed by atoms with Crippen molar-refractivity contribution in [1.29, 1.82) is 0 Å². The zero-order chi connectivity index (χ0) is 25.7. The second-order valence-corrected chi connectivity index (χ2v) is 8.73. The number of hydrogen-bond acceptors (Lipinski definition) is 7. The minimum atomic E-state index is -0.287. The lowest BCUT2D eigenvalue weighted by atomic mass is 10.1. The molecule has 0 aliphatic carbocycles. The van der Waals surface area contributed by atoms with Crippen molar-refractivity contribution in [3.05, 3.63) is 73.4 Å². The molecule has 36 heavy (non-hydrogen) atoms. The van der Waals surface area contributed by atoms with Crippen LogP contribution in [0.1, 0.15) is 0 Å². The Morgan fingerprint density at radius 2 is 1.83 bits per heavy atom. The zero-order valence-corrected chi connectivity index (χ0v) is 20.8. The van der Waals surface area contributed by atoms with E-state index >= 15 is 0 Å². The molecule has 0 unspecified atom stereocenters. The maximum absolute atomic E-state index is 11.8. The molecule has 0 fully saturated rings. The Bertz CT molecular complexity index is 1360. The Balaban J connectivity index is 1.65. The van der Waals surface area contributed by atoms with Crippen LogP contribution in [0.4, 0.5) is 23.0 Å². The normalized spacial score (nSPS) is 11.0. The first-order valence-electron chi connectivity index (χ1n) is 11.6. The summed E-state index contributed by atoms with van der Waals surface area (Å²) in [7, 11) is 6.20. The van der Waals surface area contributed by atoms with Crippen molar-refractivity contribution in [2.45, 2.75) is 6.73 Å². The number of amides is 1. The molecule has 2 heterocycles. The van der Waals surface area contributed by atoms with E-state index in [2.05, 4.69) is 65.3 Å². The number of hydrogen-bond donors (Lipinski definition) is 3. The van der Waals surface area contributed by atoms with Crippen LogP contribution in [0.25, 0.3) is 22.3 Å². The molecular formula is C27H31N7O2. The van der Waals surface area contributed by atoms with Gasteiger partial charge in [0.1, 0.15) is 12.4 Å². The third-order valence-electron chi connectivity index (χ3n) is 5.81. The van der Waals surface area contributed by atoms with Gasteiger partial charge >= 0.3 is 0 Å². The molecule has 0 spiro atoms. The van der Waals surface area contributed by atoms with Crippen molar-refractivity contribution in [3.8, 4) is 11.3 Å². The van der Waals surface area contributed by atoms with Crippen molar-refractivity contribution in [1.82, 2.24) is 19.4 Å². The highest BCUT2D eigenvalue weighted by atomic mass is 16.3. The van der Waals surface area contributed by atoms with Crippen molar-refractivity contribution in [3.63, 3.8) is 0 Å². The van der Waals surface area contributed by atoms with Crippen LogP contribution in [-0.4, -0.2) is 64.7 Å². The molecule has 1 amide bonds. The summed E-state index contributed by atoms with van der Waals surface area (Å²) in [6.07, 6.45) is 3.00. The molecule has 9 heteroatoms. The van der Waals surface area contributed by atoms with Gasteiger partial charge in [0, 0.05) is 54.3 Å². The number of fused-ring (bicyclic) bond motifs is 1.